The molecule has 1 N–H and O–H groups in total. The van der Waals surface area contributed by atoms with Crippen LogP contribution in [0.3, 0.4) is 0 Å². The van der Waals surface area contributed by atoms with Gasteiger partial charge in [0.25, 0.3) is 0 Å². The third-order valence-electron chi connectivity index (χ3n) is 4.93. The van der Waals surface area contributed by atoms with E-state index in [4.69, 9.17) is 11.6 Å². The molecule has 2 nitrogen and oxygen atoms in total. The Balaban J connectivity index is 2.12. The number of piperidine rings is 1. The van der Waals surface area contributed by atoms with Gasteiger partial charge in [0, 0.05) is 16.5 Å². The summed E-state index contributed by atoms with van der Waals surface area (Å²) in [5, 5.41) is 3.57. The van der Waals surface area contributed by atoms with Crippen LogP contribution in [0.4, 0.5) is 0 Å². The Morgan fingerprint density at radius 1 is 1.35 bits per heavy atom. The topological polar surface area (TPSA) is 15.3 Å². The smallest absolute Gasteiger partial charge is 0.0931 e. The lowest BCUT2D eigenvalue weighted by atomic mass is 9.83. The summed E-state index contributed by atoms with van der Waals surface area (Å²) >= 11 is 7.78. The standard InChI is InChI=1S/C16H27ClN2S/c1-4-16(2,19-10-6-5-7-11-19)14(18-3)12-13-8-9-15(17)20-13/h8-9,14,18H,4-7,10-12H2,1-3H3. The van der Waals surface area contributed by atoms with Crippen LogP contribution in [0.5, 0.6) is 0 Å². The van der Waals surface area contributed by atoms with E-state index in [-0.39, 0.29) is 5.54 Å². The minimum Gasteiger partial charge on any atom is -0.315 e. The first-order chi connectivity index (χ1) is 9.60. The highest BCUT2D eigenvalue weighted by atomic mass is 35.5. The second-order valence-electron chi connectivity index (χ2n) is 6.01. The van der Waals surface area contributed by atoms with Gasteiger partial charge in [0.05, 0.1) is 4.34 Å². The van der Waals surface area contributed by atoms with Crippen LogP contribution in [0.15, 0.2) is 12.1 Å². The van der Waals surface area contributed by atoms with Crippen molar-refractivity contribution in [3.05, 3.63) is 21.3 Å². The van der Waals surface area contributed by atoms with Gasteiger partial charge in [-0.25, -0.2) is 0 Å². The minimum absolute atomic E-state index is 0.228. The first-order valence-electron chi connectivity index (χ1n) is 7.76. The number of nitrogens with one attached hydrogen (secondary N) is 1. The molecule has 2 heterocycles. The Morgan fingerprint density at radius 2 is 2.05 bits per heavy atom. The second-order valence-corrected chi connectivity index (χ2v) is 7.81. The molecule has 0 bridgehead atoms. The lowest BCUT2D eigenvalue weighted by Gasteiger charge is -2.48. The van der Waals surface area contributed by atoms with Crippen LogP contribution in [0.1, 0.15) is 44.4 Å². The van der Waals surface area contributed by atoms with Crippen molar-refractivity contribution < 1.29 is 0 Å². The molecule has 2 rings (SSSR count). The van der Waals surface area contributed by atoms with Crippen LogP contribution < -0.4 is 5.32 Å². The molecular formula is C16H27ClN2S. The second kappa shape index (κ2) is 7.26. The van der Waals surface area contributed by atoms with E-state index in [0.29, 0.717) is 6.04 Å². The van der Waals surface area contributed by atoms with Crippen LogP contribution in [0, 0.1) is 0 Å². The number of nitrogens with zero attached hydrogens (tertiary/aromatic N) is 1. The van der Waals surface area contributed by atoms with Crippen molar-refractivity contribution in [1.29, 1.82) is 0 Å². The summed E-state index contributed by atoms with van der Waals surface area (Å²) in [6.45, 7) is 7.23. The molecule has 2 atom stereocenters. The Bertz CT molecular complexity index is 414. The van der Waals surface area contributed by atoms with Crippen LogP contribution in [-0.2, 0) is 6.42 Å². The highest BCUT2D eigenvalue weighted by Gasteiger charge is 2.38. The van der Waals surface area contributed by atoms with E-state index in [1.165, 1.54) is 43.6 Å². The fourth-order valence-corrected chi connectivity index (χ4v) is 4.52. The molecule has 0 saturated carbocycles. The fourth-order valence-electron chi connectivity index (χ4n) is 3.39. The molecule has 1 aliphatic rings. The van der Waals surface area contributed by atoms with E-state index in [1.54, 1.807) is 11.3 Å². The molecule has 20 heavy (non-hydrogen) atoms. The monoisotopic (exact) mass is 314 g/mol. The van der Waals surface area contributed by atoms with Crippen molar-refractivity contribution in [1.82, 2.24) is 10.2 Å². The lowest BCUT2D eigenvalue weighted by molar-refractivity contribution is 0.0455. The molecule has 1 aromatic heterocycles. The summed E-state index contributed by atoms with van der Waals surface area (Å²) in [7, 11) is 2.09. The number of rotatable bonds is 6. The Morgan fingerprint density at radius 3 is 2.55 bits per heavy atom. The quantitative estimate of drug-likeness (QED) is 0.847. The van der Waals surface area contributed by atoms with Crippen LogP contribution in [0.2, 0.25) is 4.34 Å². The average Bonchev–Trinajstić information content (AvgIpc) is 2.90. The van der Waals surface area contributed by atoms with Gasteiger partial charge >= 0.3 is 0 Å². The predicted molar refractivity (Wildman–Crippen MR) is 90.0 cm³/mol. The largest absolute Gasteiger partial charge is 0.315 e. The number of hydrogen-bond acceptors (Lipinski definition) is 3. The number of likely N-dealkylation sites (tertiary alicyclic amines) is 1. The van der Waals surface area contributed by atoms with Crippen molar-refractivity contribution in [3.8, 4) is 0 Å². The van der Waals surface area contributed by atoms with Gasteiger partial charge in [0.15, 0.2) is 0 Å². The third-order valence-corrected chi connectivity index (χ3v) is 6.18. The Hall–Kier alpha value is -0.0900. The molecule has 0 spiro atoms. The highest BCUT2D eigenvalue weighted by molar-refractivity contribution is 7.16. The van der Waals surface area contributed by atoms with E-state index in [2.05, 4.69) is 37.2 Å². The van der Waals surface area contributed by atoms with E-state index in [9.17, 15) is 0 Å². The van der Waals surface area contributed by atoms with Crippen LogP contribution in [0.25, 0.3) is 0 Å². The minimum atomic E-state index is 0.228. The summed E-state index contributed by atoms with van der Waals surface area (Å²) in [5.41, 5.74) is 0.228. The first-order valence-corrected chi connectivity index (χ1v) is 8.96. The summed E-state index contributed by atoms with van der Waals surface area (Å²) in [6, 6.07) is 4.66. The van der Waals surface area contributed by atoms with Gasteiger partial charge in [-0.1, -0.05) is 24.9 Å². The SMILES string of the molecule is CCC(C)(C(Cc1ccc(Cl)s1)NC)N1CCCCC1. The predicted octanol–water partition coefficient (Wildman–Crippen LogP) is 4.19. The van der Waals surface area contributed by atoms with Gasteiger partial charge < -0.3 is 5.32 Å². The molecule has 0 amide bonds. The summed E-state index contributed by atoms with van der Waals surface area (Å²) in [6.07, 6.45) is 6.32. The number of thiophene rings is 1. The zero-order valence-corrected chi connectivity index (χ0v) is 14.5. The van der Waals surface area contributed by atoms with E-state index >= 15 is 0 Å². The van der Waals surface area contributed by atoms with Gasteiger partial charge in [-0.3, -0.25) is 4.90 Å². The van der Waals surface area contributed by atoms with Crippen molar-refractivity contribution >= 4 is 22.9 Å². The van der Waals surface area contributed by atoms with Crippen molar-refractivity contribution in [2.24, 2.45) is 0 Å². The average molecular weight is 315 g/mol. The molecule has 0 radical (unpaired) electrons. The summed E-state index contributed by atoms with van der Waals surface area (Å²) in [5.74, 6) is 0. The van der Waals surface area contributed by atoms with Crippen molar-refractivity contribution in [2.75, 3.05) is 20.1 Å². The molecular weight excluding hydrogens is 288 g/mol. The summed E-state index contributed by atoms with van der Waals surface area (Å²) in [4.78, 5) is 4.08. The number of hydrogen-bond donors (Lipinski definition) is 1. The first kappa shape index (κ1) is 16.3. The van der Waals surface area contributed by atoms with E-state index < -0.39 is 0 Å². The van der Waals surface area contributed by atoms with Gasteiger partial charge in [0.1, 0.15) is 0 Å². The molecule has 0 aromatic carbocycles. The molecule has 0 aliphatic carbocycles. The highest BCUT2D eigenvalue weighted by Crippen LogP contribution is 2.31. The molecule has 2 unspecified atom stereocenters. The maximum atomic E-state index is 6.07. The lowest BCUT2D eigenvalue weighted by Crippen LogP contribution is -2.60. The summed E-state index contributed by atoms with van der Waals surface area (Å²) < 4.78 is 0.894. The van der Waals surface area contributed by atoms with Crippen molar-refractivity contribution in [3.63, 3.8) is 0 Å². The Kier molecular flexibility index (Phi) is 5.91. The van der Waals surface area contributed by atoms with Gasteiger partial charge in [-0.2, -0.15) is 0 Å². The molecule has 4 heteroatoms. The number of halogens is 1. The molecule has 1 aromatic rings. The van der Waals surface area contributed by atoms with Gasteiger partial charge in [-0.05, 0) is 64.9 Å². The van der Waals surface area contributed by atoms with E-state index in [0.717, 1.165) is 10.8 Å². The fraction of sp³-hybridized carbons (Fsp3) is 0.750. The molecule has 1 fully saturated rings. The van der Waals surface area contributed by atoms with Gasteiger partial charge in [0.2, 0.25) is 0 Å². The maximum absolute atomic E-state index is 6.07. The number of likely N-dealkylation sites (N-methyl/N-ethyl adjacent to an activating group) is 1. The molecule has 114 valence electrons. The van der Waals surface area contributed by atoms with Gasteiger partial charge in [-0.15, -0.1) is 11.3 Å². The van der Waals surface area contributed by atoms with Crippen LogP contribution in [-0.4, -0.2) is 36.6 Å². The van der Waals surface area contributed by atoms with Crippen LogP contribution >= 0.6 is 22.9 Å². The zero-order valence-electron chi connectivity index (χ0n) is 12.9. The Labute approximate surface area is 132 Å². The molecule has 1 saturated heterocycles. The third kappa shape index (κ3) is 3.56. The zero-order chi connectivity index (χ0) is 14.6. The molecule has 1 aliphatic heterocycles. The van der Waals surface area contributed by atoms with Crippen molar-refractivity contribution in [2.45, 2.75) is 57.5 Å². The van der Waals surface area contributed by atoms with E-state index in [1.807, 2.05) is 6.07 Å². The maximum Gasteiger partial charge on any atom is 0.0931 e. The normalized spacial score (nSPS) is 21.6.